The number of hydrogen-bond acceptors (Lipinski definition) is 5. The van der Waals surface area contributed by atoms with Crippen molar-refractivity contribution in [3.63, 3.8) is 0 Å². The molecule has 1 saturated heterocycles. The second-order valence-corrected chi connectivity index (χ2v) is 5.49. The lowest BCUT2D eigenvalue weighted by molar-refractivity contribution is -0.141. The lowest BCUT2D eigenvalue weighted by Gasteiger charge is -2.37. The summed E-state index contributed by atoms with van der Waals surface area (Å²) in [7, 11) is 0. The number of esters is 1. The molecule has 22 heavy (non-hydrogen) atoms. The van der Waals surface area contributed by atoms with Crippen LogP contribution in [0, 0.1) is 0 Å². The molecule has 1 aromatic carbocycles. The molecule has 0 N–H and O–H groups in total. The minimum atomic E-state index is -0.226. The van der Waals surface area contributed by atoms with Crippen molar-refractivity contribution in [1.29, 1.82) is 0 Å². The molecule has 1 unspecified atom stereocenters. The molecule has 2 rings (SSSR count). The van der Waals surface area contributed by atoms with Gasteiger partial charge in [0.25, 0.3) is 0 Å². The van der Waals surface area contributed by atoms with E-state index < -0.39 is 0 Å². The number of nitrogens with zero attached hydrogens (tertiary/aromatic N) is 2. The molecule has 0 saturated carbocycles. The summed E-state index contributed by atoms with van der Waals surface area (Å²) < 4.78 is 10.7. The van der Waals surface area contributed by atoms with E-state index >= 15 is 0 Å². The maximum Gasteiger partial charge on any atom is 0.302 e. The highest BCUT2D eigenvalue weighted by Gasteiger charge is 2.23. The zero-order chi connectivity index (χ0) is 15.8. The van der Waals surface area contributed by atoms with Crippen LogP contribution in [0.25, 0.3) is 0 Å². The number of ether oxygens (including phenoxy) is 2. The predicted molar refractivity (Wildman–Crippen MR) is 87.1 cm³/mol. The highest BCUT2D eigenvalue weighted by atomic mass is 16.5. The molecule has 0 amide bonds. The molecule has 1 aliphatic heterocycles. The summed E-state index contributed by atoms with van der Waals surface area (Å²) in [6.45, 7) is 9.17. The van der Waals surface area contributed by atoms with E-state index in [1.807, 2.05) is 18.2 Å². The van der Waals surface area contributed by atoms with E-state index in [1.165, 1.54) is 6.92 Å². The van der Waals surface area contributed by atoms with Crippen LogP contribution in [0.1, 0.15) is 13.8 Å². The van der Waals surface area contributed by atoms with Crippen LogP contribution in [0.5, 0.6) is 0 Å². The van der Waals surface area contributed by atoms with Gasteiger partial charge in [-0.1, -0.05) is 18.2 Å². The molecule has 5 nitrogen and oxygen atoms in total. The summed E-state index contributed by atoms with van der Waals surface area (Å²) in [5.74, 6) is -0.226. The highest BCUT2D eigenvalue weighted by Crippen LogP contribution is 2.18. The largest absolute Gasteiger partial charge is 0.464 e. The van der Waals surface area contributed by atoms with Gasteiger partial charge >= 0.3 is 5.97 Å². The molecule has 1 aliphatic rings. The summed E-state index contributed by atoms with van der Waals surface area (Å²) in [5.41, 5.74) is 1.16. The average Bonchev–Trinajstić information content (AvgIpc) is 2.55. The van der Waals surface area contributed by atoms with Crippen molar-refractivity contribution >= 4 is 11.7 Å². The third-order valence-corrected chi connectivity index (χ3v) is 3.92. The van der Waals surface area contributed by atoms with E-state index in [-0.39, 0.29) is 12.0 Å². The fourth-order valence-electron chi connectivity index (χ4n) is 2.81. The van der Waals surface area contributed by atoms with Crippen molar-refractivity contribution < 1.29 is 14.3 Å². The Balaban J connectivity index is 2.08. The van der Waals surface area contributed by atoms with E-state index in [1.54, 1.807) is 0 Å². The van der Waals surface area contributed by atoms with Crippen LogP contribution < -0.4 is 4.90 Å². The zero-order valence-electron chi connectivity index (χ0n) is 13.5. The molecular formula is C17H26N2O3. The molecule has 1 fully saturated rings. The van der Waals surface area contributed by atoms with Gasteiger partial charge in [0.15, 0.2) is 0 Å². The quantitative estimate of drug-likeness (QED) is 0.718. The molecular weight excluding hydrogens is 280 g/mol. The van der Waals surface area contributed by atoms with Crippen molar-refractivity contribution in [3.05, 3.63) is 30.3 Å². The van der Waals surface area contributed by atoms with Crippen molar-refractivity contribution in [2.45, 2.75) is 19.9 Å². The van der Waals surface area contributed by atoms with Crippen LogP contribution in [0.3, 0.4) is 0 Å². The van der Waals surface area contributed by atoms with Crippen molar-refractivity contribution in [3.8, 4) is 0 Å². The van der Waals surface area contributed by atoms with Gasteiger partial charge in [-0.3, -0.25) is 9.69 Å². The van der Waals surface area contributed by atoms with Crippen LogP contribution in [0.2, 0.25) is 0 Å². The van der Waals surface area contributed by atoms with Gasteiger partial charge in [-0.2, -0.15) is 0 Å². The Morgan fingerprint density at radius 2 is 2.00 bits per heavy atom. The van der Waals surface area contributed by atoms with Gasteiger partial charge in [-0.15, -0.1) is 0 Å². The zero-order valence-corrected chi connectivity index (χ0v) is 13.5. The van der Waals surface area contributed by atoms with Gasteiger partial charge in [-0.25, -0.2) is 0 Å². The van der Waals surface area contributed by atoms with Gasteiger partial charge in [-0.05, 0) is 19.1 Å². The summed E-state index contributed by atoms with van der Waals surface area (Å²) in [4.78, 5) is 15.9. The van der Waals surface area contributed by atoms with Crippen molar-refractivity contribution in [2.75, 3.05) is 50.9 Å². The monoisotopic (exact) mass is 306 g/mol. The molecule has 1 atom stereocenters. The molecule has 0 bridgehead atoms. The van der Waals surface area contributed by atoms with Gasteiger partial charge in [0, 0.05) is 38.8 Å². The van der Waals surface area contributed by atoms with E-state index in [2.05, 4.69) is 28.9 Å². The number of hydrogen-bond donors (Lipinski definition) is 0. The first-order chi connectivity index (χ1) is 10.7. The fraction of sp³-hybridized carbons (Fsp3) is 0.588. The third-order valence-electron chi connectivity index (χ3n) is 3.92. The van der Waals surface area contributed by atoms with Crippen LogP contribution in [-0.2, 0) is 14.3 Å². The van der Waals surface area contributed by atoms with Crippen LogP contribution >= 0.6 is 0 Å². The second kappa shape index (κ2) is 8.76. The van der Waals surface area contributed by atoms with E-state index in [0.717, 1.165) is 45.1 Å². The predicted octanol–water partition coefficient (Wildman–Crippen LogP) is 1.78. The summed E-state index contributed by atoms with van der Waals surface area (Å²) >= 11 is 0. The third kappa shape index (κ3) is 5.00. The average molecular weight is 306 g/mol. The topological polar surface area (TPSA) is 42.0 Å². The summed E-state index contributed by atoms with van der Waals surface area (Å²) in [5, 5.41) is 0. The molecule has 0 spiro atoms. The number of anilines is 1. The lowest BCUT2D eigenvalue weighted by atomic mass is 10.2. The van der Waals surface area contributed by atoms with Crippen LogP contribution in [-0.4, -0.2) is 62.9 Å². The Kier molecular flexibility index (Phi) is 6.68. The Morgan fingerprint density at radius 1 is 1.32 bits per heavy atom. The minimum absolute atomic E-state index is 0.148. The number of carbonyl (C=O) groups is 1. The maximum absolute atomic E-state index is 11.2. The Morgan fingerprint density at radius 3 is 2.59 bits per heavy atom. The first-order valence-corrected chi connectivity index (χ1v) is 7.96. The molecule has 1 heterocycles. The standard InChI is InChI=1S/C17H26N2O3/c1-3-19(16-7-5-4-6-8-16)17(14-22-15(2)20)13-18-9-11-21-12-10-18/h4-8,17H,3,9-14H2,1-2H3. The van der Waals surface area contributed by atoms with Gasteiger partial charge in [0.2, 0.25) is 0 Å². The SMILES string of the molecule is CCN(c1ccccc1)C(COC(C)=O)CN1CCOCC1. The lowest BCUT2D eigenvalue weighted by Crippen LogP contribution is -2.50. The Bertz CT molecular complexity index is 446. The van der Waals surface area contributed by atoms with Crippen LogP contribution in [0.4, 0.5) is 5.69 Å². The first kappa shape index (κ1) is 16.8. The number of likely N-dealkylation sites (N-methyl/N-ethyl adjacent to an activating group) is 1. The Labute approximate surface area is 132 Å². The number of morpholine rings is 1. The normalized spacial score (nSPS) is 17.0. The smallest absolute Gasteiger partial charge is 0.302 e. The summed E-state index contributed by atoms with van der Waals surface area (Å²) in [6.07, 6.45) is 0. The molecule has 122 valence electrons. The first-order valence-electron chi connectivity index (χ1n) is 7.96. The van der Waals surface area contributed by atoms with Gasteiger partial charge < -0.3 is 14.4 Å². The van der Waals surface area contributed by atoms with Gasteiger partial charge in [0.1, 0.15) is 6.61 Å². The number of carbonyl (C=O) groups excluding carboxylic acids is 1. The van der Waals surface area contributed by atoms with Crippen molar-refractivity contribution in [2.24, 2.45) is 0 Å². The van der Waals surface area contributed by atoms with Crippen molar-refractivity contribution in [1.82, 2.24) is 4.90 Å². The molecule has 0 radical (unpaired) electrons. The Hall–Kier alpha value is -1.59. The van der Waals surface area contributed by atoms with E-state index in [4.69, 9.17) is 9.47 Å². The molecule has 5 heteroatoms. The number of rotatable bonds is 7. The summed E-state index contributed by atoms with van der Waals surface area (Å²) in [6, 6.07) is 10.4. The molecule has 0 aromatic heterocycles. The fourth-order valence-corrected chi connectivity index (χ4v) is 2.81. The molecule has 0 aliphatic carbocycles. The number of para-hydroxylation sites is 1. The maximum atomic E-state index is 11.2. The minimum Gasteiger partial charge on any atom is -0.464 e. The van der Waals surface area contributed by atoms with Crippen LogP contribution in [0.15, 0.2) is 30.3 Å². The molecule has 1 aromatic rings. The van der Waals surface area contributed by atoms with E-state index in [0.29, 0.717) is 6.61 Å². The highest BCUT2D eigenvalue weighted by molar-refractivity contribution is 5.66. The number of benzene rings is 1. The van der Waals surface area contributed by atoms with E-state index in [9.17, 15) is 4.79 Å². The van der Waals surface area contributed by atoms with Gasteiger partial charge in [0.05, 0.1) is 19.3 Å². The second-order valence-electron chi connectivity index (χ2n) is 5.49.